The van der Waals surface area contributed by atoms with Gasteiger partial charge in [0.2, 0.25) is 5.91 Å². The monoisotopic (exact) mass is 322 g/mol. The van der Waals surface area contributed by atoms with Crippen LogP contribution in [0.1, 0.15) is 12.8 Å². The minimum absolute atomic E-state index is 0.0855. The molecule has 1 saturated heterocycles. The molecule has 1 fully saturated rings. The van der Waals surface area contributed by atoms with Gasteiger partial charge in [0.1, 0.15) is 6.33 Å². The van der Waals surface area contributed by atoms with Crippen LogP contribution in [0, 0.1) is 0 Å². The number of benzene rings is 1. The zero-order valence-electron chi connectivity index (χ0n) is 11.6. The summed E-state index contributed by atoms with van der Waals surface area (Å²) < 4.78 is 1.83. The van der Waals surface area contributed by atoms with Crippen molar-refractivity contribution in [2.45, 2.75) is 23.2 Å². The third-order valence-corrected chi connectivity index (χ3v) is 5.07. The van der Waals surface area contributed by atoms with E-state index in [4.69, 9.17) is 11.6 Å². The van der Waals surface area contributed by atoms with E-state index in [1.807, 2.05) is 35.9 Å². The number of aryl methyl sites for hydroxylation is 1. The summed E-state index contributed by atoms with van der Waals surface area (Å²) in [5.74, 6) is 0.0855. The zero-order chi connectivity index (χ0) is 14.8. The van der Waals surface area contributed by atoms with Crippen LogP contribution in [0.3, 0.4) is 0 Å². The number of thioether (sulfide) groups is 1. The van der Waals surface area contributed by atoms with Crippen molar-refractivity contribution in [3.8, 4) is 0 Å². The van der Waals surface area contributed by atoms with Crippen molar-refractivity contribution in [1.29, 1.82) is 0 Å². The van der Waals surface area contributed by atoms with Gasteiger partial charge in [-0.25, -0.2) is 0 Å². The molecule has 0 aliphatic carbocycles. The lowest BCUT2D eigenvalue weighted by molar-refractivity contribution is -0.119. The Hall–Kier alpha value is -1.53. The highest BCUT2D eigenvalue weighted by atomic mass is 35.5. The average molecular weight is 323 g/mol. The molecule has 0 saturated carbocycles. The Labute approximate surface area is 132 Å². The van der Waals surface area contributed by atoms with Crippen molar-refractivity contribution in [1.82, 2.24) is 14.8 Å². The number of halogens is 1. The number of para-hydroxylation sites is 1. The number of amides is 1. The molecule has 0 bridgehead atoms. The number of hydrogen-bond donors (Lipinski definition) is 0. The standard InChI is InChI=1S/C14H15ClN4OS/c1-18-9-16-17-14(18)21-12-7-4-8-19(13(12)20)11-6-3-2-5-10(11)15/h2-3,5-6,9,12H,4,7-8H2,1H3/t12-/m0/s1. The van der Waals surface area contributed by atoms with Gasteiger partial charge in [-0.2, -0.15) is 0 Å². The second kappa shape index (κ2) is 6.07. The Bertz CT molecular complexity index is 660. The summed E-state index contributed by atoms with van der Waals surface area (Å²) in [4.78, 5) is 14.5. The highest BCUT2D eigenvalue weighted by Gasteiger charge is 2.32. The Morgan fingerprint density at radius 2 is 2.19 bits per heavy atom. The van der Waals surface area contributed by atoms with Crippen LogP contribution in [0.25, 0.3) is 0 Å². The van der Waals surface area contributed by atoms with Crippen molar-refractivity contribution in [2.75, 3.05) is 11.4 Å². The Kier molecular flexibility index (Phi) is 4.17. The van der Waals surface area contributed by atoms with E-state index in [1.54, 1.807) is 11.2 Å². The molecule has 3 rings (SSSR count). The number of anilines is 1. The van der Waals surface area contributed by atoms with Crippen LogP contribution in [0.5, 0.6) is 0 Å². The first-order valence-electron chi connectivity index (χ1n) is 6.73. The number of carbonyl (C=O) groups is 1. The van der Waals surface area contributed by atoms with E-state index in [0.717, 1.165) is 23.7 Å². The molecule has 1 aliphatic heterocycles. The second-order valence-corrected chi connectivity index (χ2v) is 6.49. The molecule has 7 heteroatoms. The van der Waals surface area contributed by atoms with Crippen LogP contribution in [-0.2, 0) is 11.8 Å². The van der Waals surface area contributed by atoms with Crippen molar-refractivity contribution in [3.05, 3.63) is 35.6 Å². The maximum absolute atomic E-state index is 12.7. The van der Waals surface area contributed by atoms with Gasteiger partial charge >= 0.3 is 0 Å². The molecule has 2 aromatic rings. The van der Waals surface area contributed by atoms with Gasteiger partial charge in [-0.15, -0.1) is 10.2 Å². The molecule has 5 nitrogen and oxygen atoms in total. The topological polar surface area (TPSA) is 51.0 Å². The van der Waals surface area contributed by atoms with E-state index in [-0.39, 0.29) is 11.2 Å². The lowest BCUT2D eigenvalue weighted by atomic mass is 10.1. The summed E-state index contributed by atoms with van der Waals surface area (Å²) in [6.45, 7) is 0.707. The lowest BCUT2D eigenvalue weighted by Crippen LogP contribution is -2.43. The summed E-state index contributed by atoms with van der Waals surface area (Å²) >= 11 is 7.68. The largest absolute Gasteiger partial charge is 0.312 e. The lowest BCUT2D eigenvalue weighted by Gasteiger charge is -2.32. The zero-order valence-corrected chi connectivity index (χ0v) is 13.1. The van der Waals surface area contributed by atoms with Crippen LogP contribution in [0.15, 0.2) is 35.7 Å². The van der Waals surface area contributed by atoms with E-state index in [1.165, 1.54) is 11.8 Å². The first kappa shape index (κ1) is 14.4. The minimum Gasteiger partial charge on any atom is -0.312 e. The maximum Gasteiger partial charge on any atom is 0.240 e. The number of nitrogens with zero attached hydrogens (tertiary/aromatic N) is 4. The van der Waals surface area contributed by atoms with E-state index in [9.17, 15) is 4.79 Å². The van der Waals surface area contributed by atoms with Gasteiger partial charge < -0.3 is 9.47 Å². The highest BCUT2D eigenvalue weighted by Crippen LogP contribution is 2.33. The molecule has 1 aromatic heterocycles. The number of carbonyl (C=O) groups excluding carboxylic acids is 1. The Morgan fingerprint density at radius 1 is 1.38 bits per heavy atom. The molecule has 0 spiro atoms. The number of hydrogen-bond acceptors (Lipinski definition) is 4. The molecule has 1 atom stereocenters. The third kappa shape index (κ3) is 2.91. The fraction of sp³-hybridized carbons (Fsp3) is 0.357. The van der Waals surface area contributed by atoms with Gasteiger partial charge in [0.15, 0.2) is 5.16 Å². The van der Waals surface area contributed by atoms with Crippen molar-refractivity contribution in [3.63, 3.8) is 0 Å². The average Bonchev–Trinajstić information content (AvgIpc) is 2.88. The van der Waals surface area contributed by atoms with Gasteiger partial charge in [-0.1, -0.05) is 35.5 Å². The first-order chi connectivity index (χ1) is 10.2. The Morgan fingerprint density at radius 3 is 2.90 bits per heavy atom. The number of aromatic nitrogens is 3. The quantitative estimate of drug-likeness (QED) is 0.872. The normalized spacial score (nSPS) is 19.0. The highest BCUT2D eigenvalue weighted by molar-refractivity contribution is 8.00. The molecular weight excluding hydrogens is 308 g/mol. The van der Waals surface area contributed by atoms with Crippen LogP contribution in [0.4, 0.5) is 5.69 Å². The van der Waals surface area contributed by atoms with E-state index >= 15 is 0 Å². The summed E-state index contributed by atoms with van der Waals surface area (Å²) in [5.41, 5.74) is 0.785. The molecule has 0 unspecified atom stereocenters. The van der Waals surface area contributed by atoms with Gasteiger partial charge in [-0.3, -0.25) is 4.79 Å². The SMILES string of the molecule is Cn1cnnc1S[C@H]1CCCN(c2ccccc2Cl)C1=O. The first-order valence-corrected chi connectivity index (χ1v) is 7.99. The number of rotatable bonds is 3. The molecule has 110 valence electrons. The number of piperidine rings is 1. The predicted molar refractivity (Wildman–Crippen MR) is 83.7 cm³/mol. The van der Waals surface area contributed by atoms with E-state index in [0.29, 0.717) is 11.6 Å². The molecule has 1 aromatic carbocycles. The summed E-state index contributed by atoms with van der Waals surface area (Å²) in [6, 6.07) is 7.46. The molecular formula is C14H15ClN4OS. The predicted octanol–water partition coefficient (Wildman–Crippen LogP) is 2.76. The van der Waals surface area contributed by atoms with Crippen molar-refractivity contribution in [2.24, 2.45) is 7.05 Å². The smallest absolute Gasteiger partial charge is 0.240 e. The fourth-order valence-electron chi connectivity index (χ4n) is 2.37. The van der Waals surface area contributed by atoms with Gasteiger partial charge in [-0.05, 0) is 25.0 Å². The molecule has 2 heterocycles. The van der Waals surface area contributed by atoms with Crippen LogP contribution in [0.2, 0.25) is 5.02 Å². The summed E-state index contributed by atoms with van der Waals surface area (Å²) in [6.07, 6.45) is 3.44. The van der Waals surface area contributed by atoms with Crippen molar-refractivity contribution >= 4 is 35.0 Å². The summed E-state index contributed by atoms with van der Waals surface area (Å²) in [5, 5.41) is 9.11. The minimum atomic E-state index is -0.141. The van der Waals surface area contributed by atoms with Gasteiger partial charge in [0.05, 0.1) is 16.0 Å². The van der Waals surface area contributed by atoms with Crippen molar-refractivity contribution < 1.29 is 4.79 Å². The van der Waals surface area contributed by atoms with Gasteiger partial charge in [0.25, 0.3) is 0 Å². The van der Waals surface area contributed by atoms with Crippen LogP contribution in [-0.4, -0.2) is 32.5 Å². The molecule has 0 N–H and O–H groups in total. The fourth-order valence-corrected chi connectivity index (χ4v) is 3.68. The maximum atomic E-state index is 12.7. The Balaban J connectivity index is 1.81. The second-order valence-electron chi connectivity index (χ2n) is 4.91. The van der Waals surface area contributed by atoms with Gasteiger partial charge in [0, 0.05) is 13.6 Å². The van der Waals surface area contributed by atoms with Crippen LogP contribution >= 0.6 is 23.4 Å². The molecule has 21 heavy (non-hydrogen) atoms. The molecule has 1 amide bonds. The third-order valence-electron chi connectivity index (χ3n) is 3.45. The molecule has 0 radical (unpaired) electrons. The van der Waals surface area contributed by atoms with Crippen LogP contribution < -0.4 is 4.90 Å². The molecule has 1 aliphatic rings. The summed E-state index contributed by atoms with van der Waals surface area (Å²) in [7, 11) is 1.88. The van der Waals surface area contributed by atoms with E-state index < -0.39 is 0 Å². The van der Waals surface area contributed by atoms with E-state index in [2.05, 4.69) is 10.2 Å².